The molecule has 2 rings (SSSR count). The van der Waals surface area contributed by atoms with Crippen molar-refractivity contribution < 1.29 is 15.0 Å². The van der Waals surface area contributed by atoms with E-state index in [1.54, 1.807) is 6.20 Å². The first-order valence-electron chi connectivity index (χ1n) is 5.13. The summed E-state index contributed by atoms with van der Waals surface area (Å²) in [5.74, 6) is -1.56. The molecule has 3 N–H and O–H groups in total. The van der Waals surface area contributed by atoms with Crippen molar-refractivity contribution in [2.75, 3.05) is 6.61 Å². The van der Waals surface area contributed by atoms with Gasteiger partial charge in [-0.05, 0) is 18.1 Å². The number of carboxylic acids is 1. The van der Waals surface area contributed by atoms with E-state index >= 15 is 0 Å². The first-order chi connectivity index (χ1) is 7.74. The molecule has 0 bridgehead atoms. The molecule has 0 aliphatic carbocycles. The fourth-order valence-electron chi connectivity index (χ4n) is 1.92. The molecule has 1 heterocycles. The topological polar surface area (TPSA) is 73.3 Å². The number of carbonyl (C=O) groups is 1. The van der Waals surface area contributed by atoms with E-state index in [9.17, 15) is 4.79 Å². The quantitative estimate of drug-likeness (QED) is 0.733. The molecular formula is C12H13NO3. The summed E-state index contributed by atoms with van der Waals surface area (Å²) in [6, 6.07) is 7.55. The Bertz CT molecular complexity index is 504. The predicted molar refractivity (Wildman–Crippen MR) is 60.4 cm³/mol. The number of para-hydroxylation sites is 1. The Morgan fingerprint density at radius 1 is 1.38 bits per heavy atom. The first-order valence-corrected chi connectivity index (χ1v) is 5.13. The number of aliphatic carboxylic acids is 1. The van der Waals surface area contributed by atoms with E-state index in [4.69, 9.17) is 10.2 Å². The van der Waals surface area contributed by atoms with Crippen molar-refractivity contribution in [2.24, 2.45) is 0 Å². The number of aliphatic hydroxyl groups excluding tert-OH is 1. The summed E-state index contributed by atoms with van der Waals surface area (Å²) >= 11 is 0. The highest BCUT2D eigenvalue weighted by molar-refractivity contribution is 5.89. The number of rotatable bonds is 4. The molecule has 0 saturated carbocycles. The van der Waals surface area contributed by atoms with Crippen LogP contribution in [0.2, 0.25) is 0 Å². The van der Waals surface area contributed by atoms with Gasteiger partial charge in [-0.2, -0.15) is 0 Å². The van der Waals surface area contributed by atoms with Gasteiger partial charge in [0.2, 0.25) is 0 Å². The zero-order valence-corrected chi connectivity index (χ0v) is 8.68. The van der Waals surface area contributed by atoms with Crippen LogP contribution in [0.25, 0.3) is 10.9 Å². The minimum atomic E-state index is -0.904. The average Bonchev–Trinajstić information content (AvgIpc) is 2.69. The molecule has 0 saturated heterocycles. The third-order valence-corrected chi connectivity index (χ3v) is 2.71. The fourth-order valence-corrected chi connectivity index (χ4v) is 1.92. The minimum Gasteiger partial charge on any atom is -0.481 e. The molecule has 1 atom stereocenters. The van der Waals surface area contributed by atoms with Gasteiger partial charge in [0.15, 0.2) is 0 Å². The molecule has 0 radical (unpaired) electrons. The summed E-state index contributed by atoms with van der Waals surface area (Å²) in [6.07, 6.45) is 1.94. The number of aromatic amines is 1. The van der Waals surface area contributed by atoms with Crippen molar-refractivity contribution in [3.63, 3.8) is 0 Å². The fraction of sp³-hybridized carbons (Fsp3) is 0.250. The third-order valence-electron chi connectivity index (χ3n) is 2.71. The predicted octanol–water partition coefficient (Wildman–Crippen LogP) is 1.72. The molecule has 0 spiro atoms. The van der Waals surface area contributed by atoms with Crippen molar-refractivity contribution in [1.82, 2.24) is 4.98 Å². The highest BCUT2D eigenvalue weighted by Crippen LogP contribution is 2.27. The van der Waals surface area contributed by atoms with E-state index < -0.39 is 11.9 Å². The van der Waals surface area contributed by atoms with E-state index in [1.165, 1.54) is 0 Å². The number of nitrogens with one attached hydrogen (secondary N) is 1. The largest absolute Gasteiger partial charge is 0.481 e. The van der Waals surface area contributed by atoms with Crippen LogP contribution in [0, 0.1) is 0 Å². The molecule has 0 amide bonds. The maximum atomic E-state index is 11.1. The maximum absolute atomic E-state index is 11.1. The molecule has 2 aromatic rings. The lowest BCUT2D eigenvalue weighted by Gasteiger charge is -2.09. The molecule has 4 nitrogen and oxygen atoms in total. The van der Waals surface area contributed by atoms with Crippen molar-refractivity contribution in [1.29, 1.82) is 0 Å². The van der Waals surface area contributed by atoms with E-state index in [1.807, 2.05) is 24.3 Å². The normalized spacial score (nSPS) is 12.8. The first kappa shape index (κ1) is 10.7. The third kappa shape index (κ3) is 1.79. The zero-order valence-electron chi connectivity index (χ0n) is 8.68. The van der Waals surface area contributed by atoms with E-state index in [-0.39, 0.29) is 13.0 Å². The summed E-state index contributed by atoms with van der Waals surface area (Å²) in [5.41, 5.74) is 1.65. The summed E-state index contributed by atoms with van der Waals surface area (Å²) in [6.45, 7) is -0.128. The van der Waals surface area contributed by atoms with Crippen molar-refractivity contribution in [3.05, 3.63) is 36.0 Å². The van der Waals surface area contributed by atoms with Crippen LogP contribution in [0.3, 0.4) is 0 Å². The maximum Gasteiger partial charge on any atom is 0.311 e. The van der Waals surface area contributed by atoms with Gasteiger partial charge in [-0.15, -0.1) is 0 Å². The van der Waals surface area contributed by atoms with E-state index in [0.29, 0.717) is 0 Å². The lowest BCUT2D eigenvalue weighted by molar-refractivity contribution is -0.139. The standard InChI is InChI=1S/C12H13NO3/c14-6-5-9(12(15)16)10-7-13-11-4-2-1-3-8(10)11/h1-4,7,9,13-14H,5-6H2,(H,15,16). The Kier molecular flexibility index (Phi) is 2.92. The second kappa shape index (κ2) is 4.37. The number of aromatic nitrogens is 1. The zero-order chi connectivity index (χ0) is 11.5. The number of carboxylic acid groups (broad SMARTS) is 1. The minimum absolute atomic E-state index is 0.128. The summed E-state index contributed by atoms with van der Waals surface area (Å²) in [7, 11) is 0. The van der Waals surface area contributed by atoms with E-state index in [2.05, 4.69) is 4.98 Å². The van der Waals surface area contributed by atoms with Gasteiger partial charge >= 0.3 is 5.97 Å². The molecule has 84 valence electrons. The second-order valence-electron chi connectivity index (χ2n) is 3.69. The Morgan fingerprint density at radius 3 is 2.81 bits per heavy atom. The molecule has 1 aromatic heterocycles. The molecular weight excluding hydrogens is 206 g/mol. The highest BCUT2D eigenvalue weighted by Gasteiger charge is 2.22. The van der Waals surface area contributed by atoms with Crippen LogP contribution in [-0.2, 0) is 4.79 Å². The monoisotopic (exact) mass is 219 g/mol. The Hall–Kier alpha value is -1.81. The van der Waals surface area contributed by atoms with Gasteiger partial charge in [0.1, 0.15) is 0 Å². The number of hydrogen-bond acceptors (Lipinski definition) is 2. The Labute approximate surface area is 92.5 Å². The number of aliphatic hydroxyl groups is 1. The van der Waals surface area contributed by atoms with Crippen molar-refractivity contribution in [3.8, 4) is 0 Å². The molecule has 1 unspecified atom stereocenters. The molecule has 0 fully saturated rings. The Morgan fingerprint density at radius 2 is 2.12 bits per heavy atom. The van der Waals surface area contributed by atoms with Crippen LogP contribution >= 0.6 is 0 Å². The van der Waals surface area contributed by atoms with E-state index in [0.717, 1.165) is 16.5 Å². The lowest BCUT2D eigenvalue weighted by atomic mass is 9.96. The van der Waals surface area contributed by atoms with Gasteiger partial charge in [0.05, 0.1) is 5.92 Å². The van der Waals surface area contributed by atoms with Crippen molar-refractivity contribution in [2.45, 2.75) is 12.3 Å². The molecule has 1 aromatic carbocycles. The smallest absolute Gasteiger partial charge is 0.311 e. The van der Waals surface area contributed by atoms with Gasteiger partial charge in [-0.1, -0.05) is 18.2 Å². The molecule has 4 heteroatoms. The van der Waals surface area contributed by atoms with Gasteiger partial charge in [-0.25, -0.2) is 0 Å². The van der Waals surface area contributed by atoms with Gasteiger partial charge < -0.3 is 15.2 Å². The number of hydrogen-bond donors (Lipinski definition) is 3. The van der Waals surface area contributed by atoms with Crippen molar-refractivity contribution >= 4 is 16.9 Å². The number of benzene rings is 1. The second-order valence-corrected chi connectivity index (χ2v) is 3.69. The van der Waals surface area contributed by atoms with Crippen LogP contribution in [0.1, 0.15) is 17.9 Å². The molecule has 0 aliphatic heterocycles. The SMILES string of the molecule is O=C(O)C(CCO)c1c[nH]c2ccccc12. The molecule has 16 heavy (non-hydrogen) atoms. The van der Waals surface area contributed by atoms with Crippen LogP contribution < -0.4 is 0 Å². The number of fused-ring (bicyclic) bond motifs is 1. The van der Waals surface area contributed by atoms with Crippen LogP contribution in [0.15, 0.2) is 30.5 Å². The average molecular weight is 219 g/mol. The lowest BCUT2D eigenvalue weighted by Crippen LogP contribution is -2.12. The van der Waals surface area contributed by atoms with Gasteiger partial charge in [0.25, 0.3) is 0 Å². The summed E-state index contributed by atoms with van der Waals surface area (Å²) in [4.78, 5) is 14.1. The van der Waals surface area contributed by atoms with Crippen LogP contribution in [0.4, 0.5) is 0 Å². The van der Waals surface area contributed by atoms with Gasteiger partial charge in [0, 0.05) is 23.7 Å². The van der Waals surface area contributed by atoms with Crippen LogP contribution in [-0.4, -0.2) is 27.8 Å². The highest BCUT2D eigenvalue weighted by atomic mass is 16.4. The Balaban J connectivity index is 2.48. The summed E-state index contributed by atoms with van der Waals surface area (Å²) in [5, 5.41) is 18.9. The molecule has 0 aliphatic rings. The summed E-state index contributed by atoms with van der Waals surface area (Å²) < 4.78 is 0. The number of H-pyrrole nitrogens is 1. The van der Waals surface area contributed by atoms with Gasteiger partial charge in [-0.3, -0.25) is 4.79 Å². The van der Waals surface area contributed by atoms with Crippen LogP contribution in [0.5, 0.6) is 0 Å².